The highest BCUT2D eigenvalue weighted by Gasteiger charge is 2.22. The molecule has 1 aromatic heterocycles. The molecule has 1 amide bonds. The average Bonchev–Trinajstić information content (AvgIpc) is 2.70. The van der Waals surface area contributed by atoms with Gasteiger partial charge in [-0.05, 0) is 32.5 Å². The molecule has 0 saturated heterocycles. The van der Waals surface area contributed by atoms with Crippen molar-refractivity contribution < 1.29 is 9.21 Å². The second-order valence-electron chi connectivity index (χ2n) is 4.24. The van der Waals surface area contributed by atoms with Crippen LogP contribution in [0.1, 0.15) is 31.3 Å². The first-order valence-corrected chi connectivity index (χ1v) is 5.84. The number of hydrogen-bond donors (Lipinski definition) is 2. The van der Waals surface area contributed by atoms with Crippen LogP contribution in [0.5, 0.6) is 0 Å². The van der Waals surface area contributed by atoms with Crippen LogP contribution in [0.4, 0.5) is 0 Å². The summed E-state index contributed by atoms with van der Waals surface area (Å²) < 4.78 is 5.49. The smallest absolute Gasteiger partial charge is 0.251 e. The lowest BCUT2D eigenvalue weighted by atomic mass is 10.1. The summed E-state index contributed by atoms with van der Waals surface area (Å²) >= 11 is 0. The summed E-state index contributed by atoms with van der Waals surface area (Å²) in [5, 5.41) is 0. The molecular formula is C12H21N3O2. The number of nitrogens with zero attached hydrogens (tertiary/aromatic N) is 1. The fraction of sp³-hybridized carbons (Fsp3) is 0.583. The number of hydrogen-bond acceptors (Lipinski definition) is 4. The number of amides is 1. The Morgan fingerprint density at radius 3 is 2.76 bits per heavy atom. The van der Waals surface area contributed by atoms with Gasteiger partial charge < -0.3 is 4.42 Å². The van der Waals surface area contributed by atoms with E-state index in [2.05, 4.69) is 5.43 Å². The first-order chi connectivity index (χ1) is 8.08. The van der Waals surface area contributed by atoms with Crippen molar-refractivity contribution in [1.29, 1.82) is 0 Å². The fourth-order valence-electron chi connectivity index (χ4n) is 1.85. The SMILES string of the molecule is CCCC(C(=O)NN)N(C)Cc1ccc(C)o1. The molecule has 0 aliphatic rings. The van der Waals surface area contributed by atoms with Crippen LogP contribution in [0.3, 0.4) is 0 Å². The summed E-state index contributed by atoms with van der Waals surface area (Å²) in [7, 11) is 1.90. The summed E-state index contributed by atoms with van der Waals surface area (Å²) in [5.41, 5.74) is 2.21. The maximum atomic E-state index is 11.6. The highest BCUT2D eigenvalue weighted by molar-refractivity contribution is 5.81. The first-order valence-electron chi connectivity index (χ1n) is 5.84. The minimum Gasteiger partial charge on any atom is -0.465 e. The van der Waals surface area contributed by atoms with E-state index in [-0.39, 0.29) is 11.9 Å². The topological polar surface area (TPSA) is 71.5 Å². The van der Waals surface area contributed by atoms with Crippen LogP contribution < -0.4 is 11.3 Å². The third-order valence-corrected chi connectivity index (χ3v) is 2.74. The van der Waals surface area contributed by atoms with Crippen molar-refractivity contribution >= 4 is 5.91 Å². The van der Waals surface area contributed by atoms with Gasteiger partial charge in [0.25, 0.3) is 5.91 Å². The summed E-state index contributed by atoms with van der Waals surface area (Å²) in [6.45, 7) is 4.55. The predicted molar refractivity (Wildman–Crippen MR) is 65.9 cm³/mol. The first kappa shape index (κ1) is 13.7. The van der Waals surface area contributed by atoms with Crippen molar-refractivity contribution in [2.45, 2.75) is 39.3 Å². The molecule has 1 atom stereocenters. The summed E-state index contributed by atoms with van der Waals surface area (Å²) in [6, 6.07) is 3.63. The number of nitrogens with two attached hydrogens (primary N) is 1. The van der Waals surface area contributed by atoms with Gasteiger partial charge in [0.2, 0.25) is 0 Å². The van der Waals surface area contributed by atoms with Crippen LogP contribution in [-0.4, -0.2) is 23.9 Å². The molecule has 0 saturated carbocycles. The Morgan fingerprint density at radius 1 is 1.59 bits per heavy atom. The molecule has 0 aliphatic heterocycles. The number of hydrazine groups is 1. The van der Waals surface area contributed by atoms with Crippen LogP contribution in [0.15, 0.2) is 16.5 Å². The van der Waals surface area contributed by atoms with Gasteiger partial charge in [-0.1, -0.05) is 13.3 Å². The molecular weight excluding hydrogens is 218 g/mol. The molecule has 5 heteroatoms. The van der Waals surface area contributed by atoms with E-state index in [1.54, 1.807) is 0 Å². The van der Waals surface area contributed by atoms with E-state index in [1.807, 2.05) is 37.9 Å². The van der Waals surface area contributed by atoms with Crippen molar-refractivity contribution in [1.82, 2.24) is 10.3 Å². The third-order valence-electron chi connectivity index (χ3n) is 2.74. The molecule has 0 bridgehead atoms. The van der Waals surface area contributed by atoms with Gasteiger partial charge in [-0.15, -0.1) is 0 Å². The number of furan rings is 1. The maximum absolute atomic E-state index is 11.6. The third kappa shape index (κ3) is 3.87. The van der Waals surface area contributed by atoms with Crippen molar-refractivity contribution in [3.05, 3.63) is 23.7 Å². The van der Waals surface area contributed by atoms with Gasteiger partial charge in [-0.25, -0.2) is 5.84 Å². The van der Waals surface area contributed by atoms with Gasteiger partial charge in [0.05, 0.1) is 12.6 Å². The van der Waals surface area contributed by atoms with Gasteiger partial charge in [0.1, 0.15) is 11.5 Å². The van der Waals surface area contributed by atoms with Gasteiger partial charge in [-0.2, -0.15) is 0 Å². The molecule has 1 aromatic rings. The average molecular weight is 239 g/mol. The van der Waals surface area contributed by atoms with E-state index >= 15 is 0 Å². The highest BCUT2D eigenvalue weighted by Crippen LogP contribution is 2.13. The molecule has 3 N–H and O–H groups in total. The lowest BCUT2D eigenvalue weighted by Crippen LogP contribution is -2.47. The number of carbonyl (C=O) groups excluding carboxylic acids is 1. The summed E-state index contributed by atoms with van der Waals surface area (Å²) in [4.78, 5) is 13.6. The Bertz CT molecular complexity index is 362. The van der Waals surface area contributed by atoms with Crippen LogP contribution in [0.2, 0.25) is 0 Å². The lowest BCUT2D eigenvalue weighted by molar-refractivity contribution is -0.126. The summed E-state index contributed by atoms with van der Waals surface area (Å²) in [5.74, 6) is 6.77. The van der Waals surface area contributed by atoms with Crippen molar-refractivity contribution in [2.75, 3.05) is 7.05 Å². The standard InChI is InChI=1S/C12H21N3O2/c1-4-5-11(12(16)14-13)15(3)8-10-7-6-9(2)17-10/h6-7,11H,4-5,8,13H2,1-3H3,(H,14,16). The van der Waals surface area contributed by atoms with Crippen LogP contribution in [-0.2, 0) is 11.3 Å². The molecule has 1 rings (SSSR count). The van der Waals surface area contributed by atoms with E-state index < -0.39 is 0 Å². The second-order valence-corrected chi connectivity index (χ2v) is 4.24. The molecule has 0 fully saturated rings. The normalized spacial score (nSPS) is 12.8. The van der Waals surface area contributed by atoms with Crippen molar-refractivity contribution in [2.24, 2.45) is 5.84 Å². The van der Waals surface area contributed by atoms with E-state index in [4.69, 9.17) is 10.3 Å². The van der Waals surface area contributed by atoms with Crippen LogP contribution in [0.25, 0.3) is 0 Å². The zero-order valence-corrected chi connectivity index (χ0v) is 10.7. The Balaban J connectivity index is 2.64. The minimum atomic E-state index is -0.213. The molecule has 1 heterocycles. The molecule has 0 radical (unpaired) electrons. The van der Waals surface area contributed by atoms with Gasteiger partial charge >= 0.3 is 0 Å². The highest BCUT2D eigenvalue weighted by atomic mass is 16.3. The van der Waals surface area contributed by atoms with Gasteiger partial charge in [0, 0.05) is 0 Å². The molecule has 1 unspecified atom stereocenters. The van der Waals surface area contributed by atoms with Crippen LogP contribution >= 0.6 is 0 Å². The number of likely N-dealkylation sites (N-methyl/N-ethyl adjacent to an activating group) is 1. The molecule has 17 heavy (non-hydrogen) atoms. The number of carbonyl (C=O) groups is 1. The zero-order chi connectivity index (χ0) is 12.8. The number of rotatable bonds is 6. The second kappa shape index (κ2) is 6.42. The quantitative estimate of drug-likeness (QED) is 0.444. The Hall–Kier alpha value is -1.33. The monoisotopic (exact) mass is 239 g/mol. The summed E-state index contributed by atoms with van der Waals surface area (Å²) in [6.07, 6.45) is 1.71. The predicted octanol–water partition coefficient (Wildman–Crippen LogP) is 1.18. The Labute approximate surface area is 102 Å². The molecule has 0 aliphatic carbocycles. The fourth-order valence-corrected chi connectivity index (χ4v) is 1.85. The Morgan fingerprint density at radius 2 is 2.29 bits per heavy atom. The van der Waals surface area contributed by atoms with Crippen molar-refractivity contribution in [3.63, 3.8) is 0 Å². The van der Waals surface area contributed by atoms with Crippen LogP contribution in [0, 0.1) is 6.92 Å². The molecule has 0 spiro atoms. The van der Waals surface area contributed by atoms with E-state index in [1.165, 1.54) is 0 Å². The largest absolute Gasteiger partial charge is 0.465 e. The van der Waals surface area contributed by atoms with Crippen molar-refractivity contribution in [3.8, 4) is 0 Å². The molecule has 96 valence electrons. The van der Waals surface area contributed by atoms with E-state index in [0.717, 1.165) is 24.4 Å². The number of nitrogens with one attached hydrogen (secondary N) is 1. The van der Waals surface area contributed by atoms with E-state index in [0.29, 0.717) is 6.54 Å². The lowest BCUT2D eigenvalue weighted by Gasteiger charge is -2.25. The zero-order valence-electron chi connectivity index (χ0n) is 10.7. The van der Waals surface area contributed by atoms with Gasteiger partial charge in [-0.3, -0.25) is 15.1 Å². The van der Waals surface area contributed by atoms with Gasteiger partial charge in [0.15, 0.2) is 0 Å². The van der Waals surface area contributed by atoms with E-state index in [9.17, 15) is 4.79 Å². The minimum absolute atomic E-state index is 0.155. The Kier molecular flexibility index (Phi) is 5.18. The molecule has 0 aromatic carbocycles. The maximum Gasteiger partial charge on any atom is 0.251 e. The molecule has 5 nitrogen and oxygen atoms in total. The number of aryl methyl sites for hydroxylation is 1.